The first kappa shape index (κ1) is 13.4. The average molecular weight is 261 g/mol. The van der Waals surface area contributed by atoms with E-state index in [2.05, 4.69) is 15.5 Å². The van der Waals surface area contributed by atoms with Crippen LogP contribution in [0.25, 0.3) is 0 Å². The maximum Gasteiger partial charge on any atom is 0.277 e. The molecule has 0 spiro atoms. The Hall–Kier alpha value is -0.690. The van der Waals surface area contributed by atoms with E-state index in [0.29, 0.717) is 29.2 Å². The summed E-state index contributed by atoms with van der Waals surface area (Å²) in [5.41, 5.74) is 0. The van der Waals surface area contributed by atoms with Gasteiger partial charge in [0.1, 0.15) is 0 Å². The first-order chi connectivity index (χ1) is 7.76. The van der Waals surface area contributed by atoms with Crippen molar-refractivity contribution in [3.8, 4) is 0 Å². The van der Waals surface area contributed by atoms with Crippen LogP contribution in [-0.2, 0) is 10.5 Å². The van der Waals surface area contributed by atoms with Crippen LogP contribution in [0.4, 0.5) is 0 Å². The van der Waals surface area contributed by atoms with E-state index in [9.17, 15) is 4.79 Å². The third-order valence-electron chi connectivity index (χ3n) is 1.62. The summed E-state index contributed by atoms with van der Waals surface area (Å²) in [6.45, 7) is 2.72. The molecule has 0 saturated heterocycles. The van der Waals surface area contributed by atoms with E-state index in [1.54, 1.807) is 11.8 Å². The van der Waals surface area contributed by atoms with Crippen molar-refractivity contribution < 1.29 is 9.21 Å². The van der Waals surface area contributed by atoms with Crippen LogP contribution in [0.5, 0.6) is 0 Å². The van der Waals surface area contributed by atoms with Crippen molar-refractivity contribution in [2.45, 2.75) is 24.3 Å². The summed E-state index contributed by atoms with van der Waals surface area (Å²) in [7, 11) is 0. The lowest BCUT2D eigenvalue weighted by atomic mass is 10.5. The van der Waals surface area contributed by atoms with Crippen molar-refractivity contribution >= 4 is 29.4 Å². The zero-order valence-corrected chi connectivity index (χ0v) is 11.0. The lowest BCUT2D eigenvalue weighted by Gasteiger charge is -2.00. The van der Waals surface area contributed by atoms with E-state index in [-0.39, 0.29) is 5.91 Å². The second kappa shape index (κ2) is 7.56. The fourth-order valence-electron chi connectivity index (χ4n) is 0.921. The molecule has 0 bridgehead atoms. The minimum atomic E-state index is -0.00327. The van der Waals surface area contributed by atoms with Gasteiger partial charge in [-0.25, -0.2) is 0 Å². The predicted octanol–water partition coefficient (Wildman–Crippen LogP) is 1.55. The summed E-state index contributed by atoms with van der Waals surface area (Å²) in [6.07, 6.45) is 2.91. The van der Waals surface area contributed by atoms with Gasteiger partial charge in [-0.05, 0) is 12.7 Å². The zero-order chi connectivity index (χ0) is 11.8. The molecule has 1 aromatic heterocycles. The summed E-state index contributed by atoms with van der Waals surface area (Å²) in [5, 5.41) is 10.9. The number of thioether (sulfide) groups is 2. The molecule has 0 aliphatic rings. The summed E-state index contributed by atoms with van der Waals surface area (Å²) in [4.78, 5) is 11.3. The van der Waals surface area contributed by atoms with Crippen LogP contribution in [0, 0.1) is 0 Å². The molecule has 0 radical (unpaired) electrons. The highest BCUT2D eigenvalue weighted by Gasteiger charge is 2.08. The van der Waals surface area contributed by atoms with Gasteiger partial charge in [-0.2, -0.15) is 11.8 Å². The van der Waals surface area contributed by atoms with Gasteiger partial charge in [0, 0.05) is 6.54 Å². The number of carbonyl (C=O) groups is 1. The fraction of sp³-hybridized carbons (Fsp3) is 0.667. The monoisotopic (exact) mass is 261 g/mol. The molecule has 0 aromatic carbocycles. The number of hydrogen-bond donors (Lipinski definition) is 1. The van der Waals surface area contributed by atoms with E-state index in [1.165, 1.54) is 11.8 Å². The van der Waals surface area contributed by atoms with Gasteiger partial charge < -0.3 is 9.73 Å². The summed E-state index contributed by atoms with van der Waals surface area (Å²) in [6, 6.07) is 0. The van der Waals surface area contributed by atoms with Gasteiger partial charge in [0.2, 0.25) is 11.8 Å². The average Bonchev–Trinajstić information content (AvgIpc) is 2.72. The second-order valence-corrected chi connectivity index (χ2v) is 4.83. The number of rotatable bonds is 7. The van der Waals surface area contributed by atoms with Crippen molar-refractivity contribution in [1.82, 2.24) is 15.5 Å². The maximum atomic E-state index is 11.3. The van der Waals surface area contributed by atoms with Crippen LogP contribution in [0.2, 0.25) is 0 Å². The van der Waals surface area contributed by atoms with E-state index in [4.69, 9.17) is 4.42 Å². The van der Waals surface area contributed by atoms with E-state index in [1.807, 2.05) is 13.2 Å². The number of amides is 1. The van der Waals surface area contributed by atoms with Crippen LogP contribution >= 0.6 is 23.5 Å². The normalized spacial score (nSPS) is 10.4. The molecular formula is C9H15N3O2S2. The topological polar surface area (TPSA) is 68.0 Å². The molecule has 7 heteroatoms. The molecule has 1 aromatic rings. The smallest absolute Gasteiger partial charge is 0.277 e. The summed E-state index contributed by atoms with van der Waals surface area (Å²) >= 11 is 2.88. The summed E-state index contributed by atoms with van der Waals surface area (Å²) < 4.78 is 5.32. The third-order valence-corrected chi connectivity index (χ3v) is 2.97. The lowest BCUT2D eigenvalue weighted by Crippen LogP contribution is -2.25. The Morgan fingerprint density at radius 3 is 3.00 bits per heavy atom. The van der Waals surface area contributed by atoms with Crippen LogP contribution < -0.4 is 5.32 Å². The van der Waals surface area contributed by atoms with E-state index in [0.717, 1.165) is 6.42 Å². The Kier molecular flexibility index (Phi) is 6.32. The zero-order valence-electron chi connectivity index (χ0n) is 9.36. The first-order valence-corrected chi connectivity index (χ1v) is 7.35. The van der Waals surface area contributed by atoms with Crippen molar-refractivity contribution in [2.24, 2.45) is 0 Å². The maximum absolute atomic E-state index is 11.3. The molecule has 0 saturated carbocycles. The largest absolute Gasteiger partial charge is 0.415 e. The van der Waals surface area contributed by atoms with Gasteiger partial charge >= 0.3 is 0 Å². The number of hydrogen-bond acceptors (Lipinski definition) is 6. The van der Waals surface area contributed by atoms with Gasteiger partial charge in [-0.15, -0.1) is 10.2 Å². The minimum Gasteiger partial charge on any atom is -0.415 e. The van der Waals surface area contributed by atoms with Crippen molar-refractivity contribution in [3.63, 3.8) is 0 Å². The molecule has 1 heterocycles. The quantitative estimate of drug-likeness (QED) is 0.751. The Morgan fingerprint density at radius 2 is 2.31 bits per heavy atom. The third kappa shape index (κ3) is 4.89. The molecule has 0 fully saturated rings. The van der Waals surface area contributed by atoms with Gasteiger partial charge in [-0.1, -0.05) is 18.7 Å². The number of aromatic nitrogens is 2. The summed E-state index contributed by atoms with van der Waals surface area (Å²) in [5.74, 6) is 1.62. The highest BCUT2D eigenvalue weighted by atomic mass is 32.2. The van der Waals surface area contributed by atoms with Crippen LogP contribution in [0.3, 0.4) is 0 Å². The van der Waals surface area contributed by atoms with Crippen molar-refractivity contribution in [3.05, 3.63) is 5.89 Å². The van der Waals surface area contributed by atoms with E-state index >= 15 is 0 Å². The number of nitrogens with zero attached hydrogens (tertiary/aromatic N) is 2. The molecule has 0 atom stereocenters. The Morgan fingerprint density at radius 1 is 1.50 bits per heavy atom. The Labute approximate surface area is 103 Å². The molecular weight excluding hydrogens is 246 g/mol. The molecule has 5 nitrogen and oxygen atoms in total. The highest BCUT2D eigenvalue weighted by molar-refractivity contribution is 7.99. The van der Waals surface area contributed by atoms with Crippen LogP contribution in [0.15, 0.2) is 9.64 Å². The Bertz CT molecular complexity index is 330. The number of nitrogens with one attached hydrogen (secondary N) is 1. The van der Waals surface area contributed by atoms with Gasteiger partial charge in [0.25, 0.3) is 5.22 Å². The fourth-order valence-corrected chi connectivity index (χ4v) is 1.89. The second-order valence-electron chi connectivity index (χ2n) is 3.03. The van der Waals surface area contributed by atoms with Gasteiger partial charge in [-0.3, -0.25) is 4.79 Å². The molecule has 0 unspecified atom stereocenters. The van der Waals surface area contributed by atoms with Crippen molar-refractivity contribution in [1.29, 1.82) is 0 Å². The SMILES string of the molecule is CCCNC(=O)CSc1nnc(CSC)o1. The first-order valence-electron chi connectivity index (χ1n) is 4.97. The molecule has 1 N–H and O–H groups in total. The molecule has 1 amide bonds. The predicted molar refractivity (Wildman–Crippen MR) is 65.5 cm³/mol. The number of carbonyl (C=O) groups excluding carboxylic acids is 1. The molecule has 0 aliphatic heterocycles. The molecule has 90 valence electrons. The van der Waals surface area contributed by atoms with Crippen molar-refractivity contribution in [2.75, 3.05) is 18.6 Å². The highest BCUT2D eigenvalue weighted by Crippen LogP contribution is 2.17. The van der Waals surface area contributed by atoms with E-state index < -0.39 is 0 Å². The van der Waals surface area contributed by atoms with Crippen LogP contribution in [-0.4, -0.2) is 34.7 Å². The Balaban J connectivity index is 2.28. The van der Waals surface area contributed by atoms with Crippen LogP contribution in [0.1, 0.15) is 19.2 Å². The molecule has 1 rings (SSSR count). The standard InChI is InChI=1S/C9H15N3O2S2/c1-3-4-10-7(13)5-16-9-12-11-8(14-9)6-15-2/h3-6H2,1-2H3,(H,10,13). The molecule has 0 aliphatic carbocycles. The van der Waals surface area contributed by atoms with Gasteiger partial charge in [0.05, 0.1) is 11.5 Å². The minimum absolute atomic E-state index is 0.00327. The van der Waals surface area contributed by atoms with Gasteiger partial charge in [0.15, 0.2) is 0 Å². The molecule has 16 heavy (non-hydrogen) atoms. The lowest BCUT2D eigenvalue weighted by molar-refractivity contribution is -0.118.